The Kier molecular flexibility index (Phi) is 6.50. The molecule has 0 unspecified atom stereocenters. The Bertz CT molecular complexity index is 846. The summed E-state index contributed by atoms with van der Waals surface area (Å²) < 4.78 is 4.55. The first-order chi connectivity index (χ1) is 12.5. The molecule has 5 N–H and O–H groups in total. The van der Waals surface area contributed by atoms with E-state index in [0.29, 0.717) is 17.8 Å². The van der Waals surface area contributed by atoms with Gasteiger partial charge in [0.25, 0.3) is 5.91 Å². The molecule has 0 aliphatic carbocycles. The first-order valence-electron chi connectivity index (χ1n) is 7.82. The highest BCUT2D eigenvalue weighted by Gasteiger charge is 2.06. The van der Waals surface area contributed by atoms with Gasteiger partial charge in [-0.2, -0.15) is 0 Å². The van der Waals surface area contributed by atoms with E-state index in [0.717, 1.165) is 11.1 Å². The number of anilines is 1. The lowest BCUT2D eigenvalue weighted by atomic mass is 10.1. The molecule has 2 rings (SSSR count). The van der Waals surface area contributed by atoms with Crippen molar-refractivity contribution in [3.05, 3.63) is 71.3 Å². The number of hydrogen-bond donors (Lipinski definition) is 4. The molecule has 0 fully saturated rings. The van der Waals surface area contributed by atoms with Crippen molar-refractivity contribution in [1.82, 2.24) is 5.32 Å². The lowest BCUT2D eigenvalue weighted by molar-refractivity contribution is -0.134. The minimum absolute atomic E-state index is 0.195. The summed E-state index contributed by atoms with van der Waals surface area (Å²) in [4.78, 5) is 23.4. The second-order valence-electron chi connectivity index (χ2n) is 5.40. The van der Waals surface area contributed by atoms with E-state index < -0.39 is 5.97 Å². The fourth-order valence-corrected chi connectivity index (χ4v) is 2.22. The molecular weight excluding hydrogens is 332 g/mol. The average Bonchev–Trinajstić information content (AvgIpc) is 2.64. The number of nitrogens with one attached hydrogen (secondary N) is 3. The number of benzene rings is 2. The molecule has 0 radical (unpaired) electrons. The van der Waals surface area contributed by atoms with E-state index in [1.807, 2.05) is 24.3 Å². The standard InChI is InChI=1S/C19H20N4O3/c1-26-17(24)9-8-13-4-2-5-14(10-13)12-22-18(25)15-6-3-7-16(11-15)23-19(20)21/h2-11H,12H2,1H3,(H,22,25)(H4,20,21,23)/b9-8+. The highest BCUT2D eigenvalue weighted by Crippen LogP contribution is 2.11. The number of nitrogens with two attached hydrogens (primary N) is 1. The van der Waals surface area contributed by atoms with Gasteiger partial charge in [-0.25, -0.2) is 4.79 Å². The zero-order chi connectivity index (χ0) is 18.9. The van der Waals surface area contributed by atoms with Crippen LogP contribution in [-0.4, -0.2) is 24.9 Å². The zero-order valence-electron chi connectivity index (χ0n) is 14.3. The van der Waals surface area contributed by atoms with Gasteiger partial charge >= 0.3 is 5.97 Å². The Morgan fingerprint density at radius 1 is 1.19 bits per heavy atom. The minimum atomic E-state index is -0.428. The molecule has 134 valence electrons. The topological polar surface area (TPSA) is 117 Å². The normalized spacial score (nSPS) is 10.3. The van der Waals surface area contributed by atoms with Crippen LogP contribution in [0.1, 0.15) is 21.5 Å². The Morgan fingerprint density at radius 3 is 2.69 bits per heavy atom. The predicted molar refractivity (Wildman–Crippen MR) is 101 cm³/mol. The summed E-state index contributed by atoms with van der Waals surface area (Å²) in [7, 11) is 1.32. The van der Waals surface area contributed by atoms with Gasteiger partial charge in [-0.1, -0.05) is 24.3 Å². The van der Waals surface area contributed by atoms with Gasteiger partial charge in [0.1, 0.15) is 0 Å². The van der Waals surface area contributed by atoms with Crippen LogP contribution >= 0.6 is 0 Å². The van der Waals surface area contributed by atoms with E-state index >= 15 is 0 Å². The van der Waals surface area contributed by atoms with Gasteiger partial charge < -0.3 is 21.1 Å². The fourth-order valence-electron chi connectivity index (χ4n) is 2.22. The molecule has 0 aromatic heterocycles. The van der Waals surface area contributed by atoms with Crippen molar-refractivity contribution >= 4 is 29.6 Å². The smallest absolute Gasteiger partial charge is 0.330 e. The summed E-state index contributed by atoms with van der Waals surface area (Å²) in [6.45, 7) is 0.336. The number of rotatable bonds is 6. The molecule has 0 aliphatic rings. The van der Waals surface area contributed by atoms with Crippen LogP contribution in [0.2, 0.25) is 0 Å². The average molecular weight is 352 g/mol. The number of carbonyl (C=O) groups is 2. The third-order valence-corrected chi connectivity index (χ3v) is 3.42. The quantitative estimate of drug-likeness (QED) is 0.275. The highest BCUT2D eigenvalue weighted by atomic mass is 16.5. The lowest BCUT2D eigenvalue weighted by Gasteiger charge is -2.08. The number of carbonyl (C=O) groups excluding carboxylic acids is 2. The maximum absolute atomic E-state index is 12.3. The summed E-state index contributed by atoms with van der Waals surface area (Å²) >= 11 is 0. The van der Waals surface area contributed by atoms with Crippen LogP contribution in [0.15, 0.2) is 54.6 Å². The third-order valence-electron chi connectivity index (χ3n) is 3.42. The monoisotopic (exact) mass is 352 g/mol. The molecule has 7 heteroatoms. The van der Waals surface area contributed by atoms with Crippen LogP contribution in [0.4, 0.5) is 5.69 Å². The van der Waals surface area contributed by atoms with Crippen molar-refractivity contribution in [1.29, 1.82) is 5.41 Å². The third kappa shape index (κ3) is 5.79. The maximum Gasteiger partial charge on any atom is 0.330 e. The first kappa shape index (κ1) is 18.7. The van der Waals surface area contributed by atoms with Gasteiger partial charge in [-0.05, 0) is 41.5 Å². The molecule has 0 spiro atoms. The van der Waals surface area contributed by atoms with Crippen LogP contribution in [0.5, 0.6) is 0 Å². The predicted octanol–water partition coefficient (Wildman–Crippen LogP) is 2.11. The van der Waals surface area contributed by atoms with Gasteiger partial charge in [0.2, 0.25) is 0 Å². The summed E-state index contributed by atoms with van der Waals surface area (Å²) in [5.74, 6) is -0.866. The lowest BCUT2D eigenvalue weighted by Crippen LogP contribution is -2.24. The van der Waals surface area contributed by atoms with Gasteiger partial charge in [0.05, 0.1) is 7.11 Å². The summed E-state index contributed by atoms with van der Waals surface area (Å²) in [5, 5.41) is 12.7. The minimum Gasteiger partial charge on any atom is -0.466 e. The molecule has 1 amide bonds. The molecular formula is C19H20N4O3. The molecule has 2 aromatic rings. The van der Waals surface area contributed by atoms with Crippen LogP contribution in [0, 0.1) is 5.41 Å². The number of amides is 1. The summed E-state index contributed by atoms with van der Waals surface area (Å²) in [5.41, 5.74) is 8.04. The van der Waals surface area contributed by atoms with E-state index in [1.54, 1.807) is 30.3 Å². The van der Waals surface area contributed by atoms with Gasteiger partial charge in [0, 0.05) is 23.9 Å². The van der Waals surface area contributed by atoms with Gasteiger partial charge in [0.15, 0.2) is 5.96 Å². The second kappa shape index (κ2) is 9.03. The summed E-state index contributed by atoms with van der Waals surface area (Å²) in [6.07, 6.45) is 2.99. The Labute approximate surface area is 151 Å². The van der Waals surface area contributed by atoms with Crippen molar-refractivity contribution in [2.24, 2.45) is 5.73 Å². The maximum atomic E-state index is 12.3. The van der Waals surface area contributed by atoms with Crippen molar-refractivity contribution in [3.63, 3.8) is 0 Å². The number of methoxy groups -OCH3 is 1. The molecule has 0 saturated heterocycles. The van der Waals surface area contributed by atoms with Gasteiger partial charge in [-0.15, -0.1) is 0 Å². The largest absolute Gasteiger partial charge is 0.466 e. The molecule has 26 heavy (non-hydrogen) atoms. The fraction of sp³-hybridized carbons (Fsp3) is 0.105. The van der Waals surface area contributed by atoms with Crippen LogP contribution < -0.4 is 16.4 Å². The first-order valence-corrected chi connectivity index (χ1v) is 7.82. The van der Waals surface area contributed by atoms with E-state index in [9.17, 15) is 9.59 Å². The van der Waals surface area contributed by atoms with Crippen molar-refractivity contribution in [2.75, 3.05) is 12.4 Å². The number of esters is 1. The Morgan fingerprint density at radius 2 is 1.96 bits per heavy atom. The molecule has 7 nitrogen and oxygen atoms in total. The van der Waals surface area contributed by atoms with E-state index in [1.165, 1.54) is 13.2 Å². The second-order valence-corrected chi connectivity index (χ2v) is 5.40. The molecule has 0 bridgehead atoms. The van der Waals surface area contributed by atoms with E-state index in [2.05, 4.69) is 15.4 Å². The molecule has 0 heterocycles. The molecule has 0 aliphatic heterocycles. The summed E-state index contributed by atoms with van der Waals surface area (Å²) in [6, 6.07) is 14.2. The molecule has 0 saturated carbocycles. The van der Waals surface area contributed by atoms with E-state index in [-0.39, 0.29) is 11.9 Å². The molecule has 0 atom stereocenters. The molecule has 2 aromatic carbocycles. The SMILES string of the molecule is COC(=O)/C=C/c1cccc(CNC(=O)c2cccc(NC(=N)N)c2)c1. The Balaban J connectivity index is 2.00. The van der Waals surface area contributed by atoms with Crippen LogP contribution in [-0.2, 0) is 16.1 Å². The number of guanidine groups is 1. The van der Waals surface area contributed by atoms with Crippen molar-refractivity contribution < 1.29 is 14.3 Å². The number of ether oxygens (including phenoxy) is 1. The van der Waals surface area contributed by atoms with Crippen LogP contribution in [0.25, 0.3) is 6.08 Å². The van der Waals surface area contributed by atoms with Crippen molar-refractivity contribution in [3.8, 4) is 0 Å². The van der Waals surface area contributed by atoms with Crippen LogP contribution in [0.3, 0.4) is 0 Å². The highest BCUT2D eigenvalue weighted by molar-refractivity contribution is 5.97. The Hall–Kier alpha value is -3.61. The number of hydrogen-bond acceptors (Lipinski definition) is 4. The zero-order valence-corrected chi connectivity index (χ0v) is 14.3. The van der Waals surface area contributed by atoms with E-state index in [4.69, 9.17) is 11.1 Å². The van der Waals surface area contributed by atoms with Crippen molar-refractivity contribution in [2.45, 2.75) is 6.54 Å². The van der Waals surface area contributed by atoms with Gasteiger partial charge in [-0.3, -0.25) is 10.2 Å².